The normalized spacial score (nSPS) is 15.5. The molecule has 122 valence electrons. The maximum atomic E-state index is 12.1. The highest BCUT2D eigenvalue weighted by Gasteiger charge is 2.14. The molecule has 1 saturated heterocycles. The van der Waals surface area contributed by atoms with Gasteiger partial charge in [-0.05, 0) is 12.8 Å². The molecule has 0 radical (unpaired) electrons. The van der Waals surface area contributed by atoms with Gasteiger partial charge in [0.15, 0.2) is 0 Å². The van der Waals surface area contributed by atoms with Crippen LogP contribution in [0.3, 0.4) is 0 Å². The van der Waals surface area contributed by atoms with Gasteiger partial charge in [0.05, 0.1) is 0 Å². The minimum absolute atomic E-state index is 0.0870. The van der Waals surface area contributed by atoms with Crippen LogP contribution in [0.1, 0.15) is 23.3 Å². The molecular weight excluding hydrogens is 328 g/mol. The largest absolute Gasteiger partial charge is 0.381 e. The fourth-order valence-corrected chi connectivity index (χ4v) is 4.30. The summed E-state index contributed by atoms with van der Waals surface area (Å²) in [7, 11) is 0. The van der Waals surface area contributed by atoms with E-state index in [1.165, 1.54) is 11.3 Å². The highest BCUT2D eigenvalue weighted by Crippen LogP contribution is 2.23. The molecule has 1 amide bonds. The second-order valence-corrected chi connectivity index (χ2v) is 7.61. The molecule has 4 nitrogen and oxygen atoms in total. The van der Waals surface area contributed by atoms with Crippen molar-refractivity contribution in [3.8, 4) is 10.6 Å². The van der Waals surface area contributed by atoms with Gasteiger partial charge in [-0.25, -0.2) is 4.98 Å². The Kier molecular flexibility index (Phi) is 6.07. The predicted octanol–water partition coefficient (Wildman–Crippen LogP) is 3.45. The molecule has 23 heavy (non-hydrogen) atoms. The molecular formula is C17H20N2O2S2. The molecule has 1 aliphatic rings. The Bertz CT molecular complexity index is 625. The van der Waals surface area contributed by atoms with Gasteiger partial charge < -0.3 is 10.1 Å². The third kappa shape index (κ3) is 4.80. The number of carbonyl (C=O) groups excluding carboxylic acids is 1. The first-order valence-electron chi connectivity index (χ1n) is 7.81. The minimum Gasteiger partial charge on any atom is -0.381 e. The van der Waals surface area contributed by atoms with E-state index in [-0.39, 0.29) is 5.91 Å². The van der Waals surface area contributed by atoms with E-state index in [0.717, 1.165) is 42.4 Å². The Labute approximate surface area is 144 Å². The third-order valence-corrected chi connectivity index (χ3v) is 5.94. The first kappa shape index (κ1) is 16.5. The van der Waals surface area contributed by atoms with Crippen molar-refractivity contribution in [3.63, 3.8) is 0 Å². The number of carbonyl (C=O) groups is 1. The molecule has 0 bridgehead atoms. The van der Waals surface area contributed by atoms with Gasteiger partial charge in [-0.1, -0.05) is 30.3 Å². The van der Waals surface area contributed by atoms with Crippen molar-refractivity contribution in [1.82, 2.24) is 10.3 Å². The number of rotatable bonds is 6. The van der Waals surface area contributed by atoms with Crippen LogP contribution in [0.15, 0.2) is 35.7 Å². The lowest BCUT2D eigenvalue weighted by atomic mass is 10.2. The van der Waals surface area contributed by atoms with Crippen LogP contribution < -0.4 is 5.32 Å². The van der Waals surface area contributed by atoms with Crippen molar-refractivity contribution in [2.75, 3.05) is 25.5 Å². The first-order valence-corrected chi connectivity index (χ1v) is 9.74. The van der Waals surface area contributed by atoms with E-state index < -0.39 is 0 Å². The van der Waals surface area contributed by atoms with Crippen molar-refractivity contribution >= 4 is 29.0 Å². The monoisotopic (exact) mass is 348 g/mol. The predicted molar refractivity (Wildman–Crippen MR) is 96.2 cm³/mol. The number of nitrogens with one attached hydrogen (secondary N) is 1. The smallest absolute Gasteiger partial charge is 0.270 e. The van der Waals surface area contributed by atoms with Crippen LogP contribution in [0.25, 0.3) is 10.6 Å². The summed E-state index contributed by atoms with van der Waals surface area (Å²) in [6, 6.07) is 9.94. The van der Waals surface area contributed by atoms with Crippen molar-refractivity contribution in [3.05, 3.63) is 41.4 Å². The molecule has 1 aromatic heterocycles. The lowest BCUT2D eigenvalue weighted by Crippen LogP contribution is -2.27. The average molecular weight is 348 g/mol. The molecule has 0 saturated carbocycles. The Morgan fingerprint density at radius 2 is 2.09 bits per heavy atom. The number of hydrogen-bond donors (Lipinski definition) is 1. The van der Waals surface area contributed by atoms with Gasteiger partial charge in [-0.15, -0.1) is 11.3 Å². The van der Waals surface area contributed by atoms with E-state index in [9.17, 15) is 4.79 Å². The molecule has 0 atom stereocenters. The van der Waals surface area contributed by atoms with Crippen molar-refractivity contribution in [2.45, 2.75) is 18.1 Å². The summed E-state index contributed by atoms with van der Waals surface area (Å²) >= 11 is 3.43. The van der Waals surface area contributed by atoms with Gasteiger partial charge in [-0.3, -0.25) is 4.79 Å². The Hall–Kier alpha value is -1.37. The zero-order chi connectivity index (χ0) is 15.9. The molecule has 0 spiro atoms. The van der Waals surface area contributed by atoms with Crippen LogP contribution in [0.5, 0.6) is 0 Å². The van der Waals surface area contributed by atoms with E-state index >= 15 is 0 Å². The number of ether oxygens (including phenoxy) is 1. The Morgan fingerprint density at radius 3 is 2.87 bits per heavy atom. The van der Waals surface area contributed by atoms with Gasteiger partial charge in [0.2, 0.25) is 0 Å². The number of amides is 1. The number of benzene rings is 1. The number of thiazole rings is 1. The maximum Gasteiger partial charge on any atom is 0.270 e. The van der Waals surface area contributed by atoms with Crippen LogP contribution in [0.2, 0.25) is 0 Å². The van der Waals surface area contributed by atoms with Gasteiger partial charge in [0, 0.05) is 41.7 Å². The lowest BCUT2D eigenvalue weighted by Gasteiger charge is -2.21. The van der Waals surface area contributed by atoms with E-state index in [4.69, 9.17) is 4.74 Å². The molecule has 1 fully saturated rings. The van der Waals surface area contributed by atoms with Crippen LogP contribution in [-0.4, -0.2) is 41.7 Å². The second kappa shape index (κ2) is 8.47. The van der Waals surface area contributed by atoms with E-state index in [1.807, 2.05) is 47.5 Å². The van der Waals surface area contributed by atoms with Crippen LogP contribution in [0.4, 0.5) is 0 Å². The first-order chi connectivity index (χ1) is 11.3. The van der Waals surface area contributed by atoms with E-state index in [1.54, 1.807) is 0 Å². The summed E-state index contributed by atoms with van der Waals surface area (Å²) in [5.74, 6) is 0.850. The fraction of sp³-hybridized carbons (Fsp3) is 0.412. The maximum absolute atomic E-state index is 12.1. The third-order valence-electron chi connectivity index (χ3n) is 3.67. The van der Waals surface area contributed by atoms with Crippen LogP contribution in [-0.2, 0) is 4.74 Å². The summed E-state index contributed by atoms with van der Waals surface area (Å²) in [5.41, 5.74) is 1.55. The summed E-state index contributed by atoms with van der Waals surface area (Å²) in [6.07, 6.45) is 2.23. The molecule has 1 aromatic carbocycles. The second-order valence-electron chi connectivity index (χ2n) is 5.34. The molecule has 1 aliphatic heterocycles. The standard InChI is InChI=1S/C17H20N2O2S2/c20-16(18-8-11-22-14-6-9-21-10-7-14)15-12-23-17(19-15)13-4-2-1-3-5-13/h1-5,12,14H,6-11H2,(H,18,20). The highest BCUT2D eigenvalue weighted by atomic mass is 32.2. The van der Waals surface area contributed by atoms with E-state index in [0.29, 0.717) is 17.5 Å². The minimum atomic E-state index is -0.0870. The molecule has 2 aromatic rings. The summed E-state index contributed by atoms with van der Waals surface area (Å²) in [6.45, 7) is 2.41. The van der Waals surface area contributed by atoms with Crippen molar-refractivity contribution in [2.24, 2.45) is 0 Å². The molecule has 0 unspecified atom stereocenters. The number of aromatic nitrogens is 1. The van der Waals surface area contributed by atoms with Crippen molar-refractivity contribution < 1.29 is 9.53 Å². The Balaban J connectivity index is 1.44. The van der Waals surface area contributed by atoms with Crippen LogP contribution in [0, 0.1) is 0 Å². The van der Waals surface area contributed by atoms with E-state index in [2.05, 4.69) is 10.3 Å². The average Bonchev–Trinajstić information content (AvgIpc) is 3.10. The molecule has 6 heteroatoms. The van der Waals surface area contributed by atoms with Crippen molar-refractivity contribution in [1.29, 1.82) is 0 Å². The van der Waals surface area contributed by atoms with Gasteiger partial charge in [0.1, 0.15) is 10.7 Å². The molecule has 2 heterocycles. The molecule has 3 rings (SSSR count). The van der Waals surface area contributed by atoms with Gasteiger partial charge >= 0.3 is 0 Å². The lowest BCUT2D eigenvalue weighted by molar-refractivity contribution is 0.0951. The number of thioether (sulfide) groups is 1. The summed E-state index contributed by atoms with van der Waals surface area (Å²) in [5, 5.41) is 6.33. The SMILES string of the molecule is O=C(NCCSC1CCOCC1)c1csc(-c2ccccc2)n1. The topological polar surface area (TPSA) is 51.2 Å². The summed E-state index contributed by atoms with van der Waals surface area (Å²) < 4.78 is 5.35. The zero-order valence-electron chi connectivity index (χ0n) is 12.9. The molecule has 0 aliphatic carbocycles. The van der Waals surface area contributed by atoms with Crippen LogP contribution >= 0.6 is 23.1 Å². The fourth-order valence-electron chi connectivity index (χ4n) is 2.41. The zero-order valence-corrected chi connectivity index (χ0v) is 14.5. The Morgan fingerprint density at radius 1 is 1.30 bits per heavy atom. The molecule has 1 N–H and O–H groups in total. The number of nitrogens with zero attached hydrogens (tertiary/aromatic N) is 1. The summed E-state index contributed by atoms with van der Waals surface area (Å²) in [4.78, 5) is 16.6. The number of hydrogen-bond acceptors (Lipinski definition) is 5. The van der Waals surface area contributed by atoms with Gasteiger partial charge in [-0.2, -0.15) is 11.8 Å². The quantitative estimate of drug-likeness (QED) is 0.813. The highest BCUT2D eigenvalue weighted by molar-refractivity contribution is 7.99. The van der Waals surface area contributed by atoms with Gasteiger partial charge in [0.25, 0.3) is 5.91 Å².